The monoisotopic (exact) mass is 222 g/mol. The molecule has 0 bridgehead atoms. The van der Waals surface area contributed by atoms with Gasteiger partial charge in [-0.1, -0.05) is 12.2 Å². The highest BCUT2D eigenvalue weighted by molar-refractivity contribution is 5.69. The van der Waals surface area contributed by atoms with Crippen LogP contribution in [0.5, 0.6) is 17.2 Å². The first kappa shape index (κ1) is 10.4. The molecular weight excluding hydrogens is 212 g/mol. The van der Waals surface area contributed by atoms with Crippen molar-refractivity contribution in [1.82, 2.24) is 0 Å². The van der Waals surface area contributed by atoms with Crippen molar-refractivity contribution in [1.29, 1.82) is 0 Å². The highest BCUT2D eigenvalue weighted by Gasteiger charge is 2.25. The number of rotatable bonds is 0. The Bertz CT molecular complexity index is 502. The van der Waals surface area contributed by atoms with Crippen LogP contribution in [-0.2, 0) is 0 Å². The first-order chi connectivity index (χ1) is 7.52. The second kappa shape index (κ2) is 3.46. The van der Waals surface area contributed by atoms with Gasteiger partial charge in [0.05, 0.1) is 0 Å². The minimum atomic E-state index is -1.43. The predicted octanol–water partition coefficient (Wildman–Crippen LogP) is 1.31. The topological polar surface area (TPSA) is 101 Å². The molecule has 1 atom stereocenters. The fourth-order valence-electron chi connectivity index (χ4n) is 1.59. The van der Waals surface area contributed by atoms with E-state index >= 15 is 0 Å². The molecule has 0 radical (unpaired) electrons. The molecule has 84 valence electrons. The van der Waals surface area contributed by atoms with E-state index < -0.39 is 23.4 Å². The van der Waals surface area contributed by atoms with Crippen molar-refractivity contribution >= 4 is 6.08 Å². The average Bonchev–Trinajstić information content (AvgIpc) is 2.37. The Balaban J connectivity index is 2.74. The summed E-state index contributed by atoms with van der Waals surface area (Å²) in [7, 11) is 0. The lowest BCUT2D eigenvalue weighted by Gasteiger charge is -2.15. The summed E-state index contributed by atoms with van der Waals surface area (Å²) in [5, 5.41) is 47.3. The summed E-state index contributed by atoms with van der Waals surface area (Å²) < 4.78 is 0. The highest BCUT2D eigenvalue weighted by atomic mass is 16.3. The van der Waals surface area contributed by atoms with Crippen molar-refractivity contribution in [2.75, 3.05) is 0 Å². The second-order valence-corrected chi connectivity index (χ2v) is 3.45. The van der Waals surface area contributed by atoms with E-state index in [-0.39, 0.29) is 11.3 Å². The smallest absolute Gasteiger partial charge is 0.200 e. The van der Waals surface area contributed by atoms with Gasteiger partial charge in [0.2, 0.25) is 5.75 Å². The number of aromatic hydroxyl groups is 3. The Hall–Kier alpha value is -2.14. The van der Waals surface area contributed by atoms with Crippen LogP contribution in [0.15, 0.2) is 24.0 Å². The minimum absolute atomic E-state index is 0.0437. The molecule has 16 heavy (non-hydrogen) atoms. The molecule has 5 N–H and O–H groups in total. The molecule has 0 aliphatic heterocycles. The van der Waals surface area contributed by atoms with E-state index in [9.17, 15) is 25.5 Å². The van der Waals surface area contributed by atoms with Gasteiger partial charge in [0, 0.05) is 5.56 Å². The minimum Gasteiger partial charge on any atom is -0.509 e. The van der Waals surface area contributed by atoms with E-state index in [2.05, 4.69) is 0 Å². The standard InChI is InChI=1S/C11H10O5/c12-6-3-1-2-5-4-7(13)10(15)11(16)8(5)9(6)14/h1-4,9,12-16H. The number of hydrogen-bond acceptors (Lipinski definition) is 5. The van der Waals surface area contributed by atoms with Crippen molar-refractivity contribution < 1.29 is 25.5 Å². The highest BCUT2D eigenvalue weighted by Crippen LogP contribution is 2.44. The zero-order valence-corrected chi connectivity index (χ0v) is 8.12. The van der Waals surface area contributed by atoms with Gasteiger partial charge in [-0.05, 0) is 17.7 Å². The van der Waals surface area contributed by atoms with Crippen molar-refractivity contribution in [2.24, 2.45) is 0 Å². The molecule has 5 heteroatoms. The van der Waals surface area contributed by atoms with E-state index in [1.807, 2.05) is 0 Å². The van der Waals surface area contributed by atoms with Gasteiger partial charge >= 0.3 is 0 Å². The van der Waals surface area contributed by atoms with Gasteiger partial charge in [0.1, 0.15) is 11.9 Å². The van der Waals surface area contributed by atoms with E-state index in [0.29, 0.717) is 5.56 Å². The fraction of sp³-hybridized carbons (Fsp3) is 0.0909. The lowest BCUT2D eigenvalue weighted by Crippen LogP contribution is -2.02. The average molecular weight is 222 g/mol. The molecule has 0 saturated heterocycles. The Morgan fingerprint density at radius 2 is 1.69 bits per heavy atom. The van der Waals surface area contributed by atoms with Crippen molar-refractivity contribution in [3.05, 3.63) is 35.1 Å². The Kier molecular flexibility index (Phi) is 2.25. The van der Waals surface area contributed by atoms with Gasteiger partial charge in [0.25, 0.3) is 0 Å². The summed E-state index contributed by atoms with van der Waals surface area (Å²) in [4.78, 5) is 0. The molecule has 0 aromatic heterocycles. The summed E-state index contributed by atoms with van der Waals surface area (Å²) in [5.74, 6) is -2.21. The van der Waals surface area contributed by atoms with Crippen LogP contribution in [0.3, 0.4) is 0 Å². The summed E-state index contributed by atoms with van der Waals surface area (Å²) in [6.45, 7) is 0. The van der Waals surface area contributed by atoms with E-state index in [0.717, 1.165) is 0 Å². The van der Waals surface area contributed by atoms with Crippen LogP contribution in [0, 0.1) is 0 Å². The number of benzene rings is 1. The first-order valence-electron chi connectivity index (χ1n) is 4.55. The van der Waals surface area contributed by atoms with Gasteiger partial charge in [-0.3, -0.25) is 0 Å². The molecule has 0 heterocycles. The molecule has 1 aliphatic rings. The van der Waals surface area contributed by atoms with Crippen LogP contribution in [0.2, 0.25) is 0 Å². The number of phenolic OH excluding ortho intramolecular Hbond substituents is 3. The van der Waals surface area contributed by atoms with Gasteiger partial charge in [-0.2, -0.15) is 0 Å². The molecule has 0 amide bonds. The number of aliphatic hydroxyl groups is 2. The number of phenols is 3. The third-order valence-corrected chi connectivity index (χ3v) is 2.42. The molecule has 1 aromatic carbocycles. The van der Waals surface area contributed by atoms with E-state index in [4.69, 9.17) is 0 Å². The maximum atomic E-state index is 9.70. The predicted molar refractivity (Wildman–Crippen MR) is 56.1 cm³/mol. The number of fused-ring (bicyclic) bond motifs is 1. The lowest BCUT2D eigenvalue weighted by molar-refractivity contribution is 0.151. The molecule has 1 aliphatic carbocycles. The van der Waals surface area contributed by atoms with Gasteiger partial charge in [-0.15, -0.1) is 0 Å². The van der Waals surface area contributed by atoms with Gasteiger partial charge < -0.3 is 25.5 Å². The van der Waals surface area contributed by atoms with E-state index in [1.54, 1.807) is 0 Å². The second-order valence-electron chi connectivity index (χ2n) is 3.45. The molecule has 2 rings (SSSR count). The van der Waals surface area contributed by atoms with Gasteiger partial charge in [0.15, 0.2) is 11.5 Å². The van der Waals surface area contributed by atoms with Crippen LogP contribution in [-0.4, -0.2) is 25.5 Å². The molecule has 0 fully saturated rings. The Morgan fingerprint density at radius 1 is 1.00 bits per heavy atom. The third kappa shape index (κ3) is 1.38. The number of allylic oxidation sites excluding steroid dienone is 2. The van der Waals surface area contributed by atoms with Crippen LogP contribution >= 0.6 is 0 Å². The third-order valence-electron chi connectivity index (χ3n) is 2.42. The Morgan fingerprint density at radius 3 is 2.38 bits per heavy atom. The molecule has 0 saturated carbocycles. The molecule has 0 spiro atoms. The quantitative estimate of drug-likeness (QED) is 0.426. The molecule has 1 aromatic rings. The van der Waals surface area contributed by atoms with E-state index in [1.165, 1.54) is 24.3 Å². The molecule has 5 nitrogen and oxygen atoms in total. The fourth-order valence-corrected chi connectivity index (χ4v) is 1.59. The number of hydrogen-bond donors (Lipinski definition) is 5. The molecule has 1 unspecified atom stereocenters. The summed E-state index contributed by atoms with van der Waals surface area (Å²) >= 11 is 0. The van der Waals surface area contributed by atoms with Crippen LogP contribution in [0.1, 0.15) is 17.2 Å². The zero-order chi connectivity index (χ0) is 11.9. The summed E-state index contributed by atoms with van der Waals surface area (Å²) in [5.41, 5.74) is 0.276. The lowest BCUT2D eigenvalue weighted by atomic mass is 10.00. The van der Waals surface area contributed by atoms with Crippen LogP contribution in [0.4, 0.5) is 0 Å². The first-order valence-corrected chi connectivity index (χ1v) is 4.55. The summed E-state index contributed by atoms with van der Waals surface area (Å²) in [6.07, 6.45) is 2.77. The Labute approximate surface area is 90.8 Å². The van der Waals surface area contributed by atoms with Gasteiger partial charge in [-0.25, -0.2) is 0 Å². The van der Waals surface area contributed by atoms with Crippen LogP contribution < -0.4 is 0 Å². The maximum absolute atomic E-state index is 9.70. The molecular formula is C11H10O5. The maximum Gasteiger partial charge on any atom is 0.200 e. The number of aliphatic hydroxyl groups excluding tert-OH is 2. The normalized spacial score (nSPS) is 18.8. The summed E-state index contributed by atoms with van der Waals surface area (Å²) in [6, 6.07) is 1.19. The van der Waals surface area contributed by atoms with Crippen molar-refractivity contribution in [3.8, 4) is 17.2 Å². The van der Waals surface area contributed by atoms with Crippen molar-refractivity contribution in [2.45, 2.75) is 6.10 Å². The largest absolute Gasteiger partial charge is 0.509 e. The zero-order valence-electron chi connectivity index (χ0n) is 8.12. The van der Waals surface area contributed by atoms with Crippen molar-refractivity contribution in [3.63, 3.8) is 0 Å². The van der Waals surface area contributed by atoms with Crippen LogP contribution in [0.25, 0.3) is 6.08 Å². The SMILES string of the molecule is OC1=CC=Cc2cc(O)c(O)c(O)c2C1O.